The summed E-state index contributed by atoms with van der Waals surface area (Å²) in [7, 11) is -2.43. The molecule has 174 valence electrons. The summed E-state index contributed by atoms with van der Waals surface area (Å²) in [5.74, 6) is -1.52. The maximum absolute atomic E-state index is 13.2. The minimum absolute atomic E-state index is 0.0434. The van der Waals surface area contributed by atoms with Crippen LogP contribution >= 0.6 is 0 Å². The van der Waals surface area contributed by atoms with Gasteiger partial charge in [-0.25, -0.2) is 8.42 Å². The third-order valence-electron chi connectivity index (χ3n) is 5.96. The molecule has 1 N–H and O–H groups in total. The van der Waals surface area contributed by atoms with Crippen LogP contribution in [0.1, 0.15) is 46.9 Å². The van der Waals surface area contributed by atoms with E-state index in [9.17, 15) is 22.8 Å². The molecule has 2 aliphatic rings. The number of benzene rings is 2. The monoisotopic (exact) mass is 471 g/mol. The van der Waals surface area contributed by atoms with Gasteiger partial charge in [0, 0.05) is 18.8 Å². The Morgan fingerprint density at radius 2 is 1.61 bits per heavy atom. The fourth-order valence-corrected chi connectivity index (χ4v) is 5.82. The van der Waals surface area contributed by atoms with Gasteiger partial charge in [-0.3, -0.25) is 19.3 Å². The van der Waals surface area contributed by atoms with Crippen LogP contribution in [0.3, 0.4) is 0 Å². The Bertz CT molecular complexity index is 1190. The van der Waals surface area contributed by atoms with Gasteiger partial charge in [0.25, 0.3) is 11.8 Å². The van der Waals surface area contributed by atoms with E-state index in [2.05, 4.69) is 5.32 Å². The zero-order valence-corrected chi connectivity index (χ0v) is 19.2. The van der Waals surface area contributed by atoms with E-state index < -0.39 is 33.8 Å². The molecule has 1 unspecified atom stereocenters. The number of ether oxygens (including phenoxy) is 1. The second-order valence-corrected chi connectivity index (χ2v) is 9.93. The number of carbonyl (C=O) groups excluding carboxylic acids is 3. The maximum Gasteiger partial charge on any atom is 0.262 e. The lowest BCUT2D eigenvalue weighted by Gasteiger charge is -2.27. The van der Waals surface area contributed by atoms with Crippen LogP contribution in [0.15, 0.2) is 47.4 Å². The molecule has 0 spiro atoms. The largest absolute Gasteiger partial charge is 0.495 e. The summed E-state index contributed by atoms with van der Waals surface area (Å²) in [6.45, 7) is 2.31. The van der Waals surface area contributed by atoms with Gasteiger partial charge in [-0.1, -0.05) is 18.6 Å². The molecule has 2 aliphatic heterocycles. The molecule has 1 fully saturated rings. The Kier molecular flexibility index (Phi) is 6.22. The molecule has 0 bridgehead atoms. The first kappa shape index (κ1) is 22.9. The number of piperidine rings is 1. The van der Waals surface area contributed by atoms with Gasteiger partial charge in [-0.2, -0.15) is 4.31 Å². The number of hydrogen-bond acceptors (Lipinski definition) is 6. The van der Waals surface area contributed by atoms with Crippen molar-refractivity contribution in [1.29, 1.82) is 0 Å². The minimum atomic E-state index is -3.81. The average molecular weight is 472 g/mol. The maximum atomic E-state index is 13.2. The van der Waals surface area contributed by atoms with Crippen molar-refractivity contribution < 1.29 is 27.5 Å². The summed E-state index contributed by atoms with van der Waals surface area (Å²) in [4.78, 5) is 39.1. The van der Waals surface area contributed by atoms with E-state index in [1.54, 1.807) is 24.3 Å². The van der Waals surface area contributed by atoms with Crippen molar-refractivity contribution in [3.8, 4) is 5.75 Å². The summed E-state index contributed by atoms with van der Waals surface area (Å²) in [6, 6.07) is 9.63. The molecule has 2 aromatic carbocycles. The Morgan fingerprint density at radius 3 is 2.18 bits per heavy atom. The van der Waals surface area contributed by atoms with E-state index in [1.165, 1.54) is 36.5 Å². The molecule has 10 heteroatoms. The molecule has 33 heavy (non-hydrogen) atoms. The summed E-state index contributed by atoms with van der Waals surface area (Å²) in [5, 5.41) is 2.63. The number of nitrogens with one attached hydrogen (secondary N) is 1. The molecule has 3 amide bonds. The molecule has 1 atom stereocenters. The Labute approximate surface area is 192 Å². The average Bonchev–Trinajstić information content (AvgIpc) is 3.09. The number of anilines is 1. The highest BCUT2D eigenvalue weighted by atomic mass is 32.2. The fraction of sp³-hybridized carbons (Fsp3) is 0.348. The molecule has 0 aromatic heterocycles. The van der Waals surface area contributed by atoms with Crippen LogP contribution in [-0.4, -0.2) is 61.6 Å². The van der Waals surface area contributed by atoms with E-state index >= 15 is 0 Å². The van der Waals surface area contributed by atoms with Gasteiger partial charge in [0.05, 0.1) is 18.2 Å². The van der Waals surface area contributed by atoms with Crippen LogP contribution in [-0.2, 0) is 14.8 Å². The third kappa shape index (κ3) is 4.11. The first-order valence-electron chi connectivity index (χ1n) is 10.7. The van der Waals surface area contributed by atoms with Crippen molar-refractivity contribution in [3.05, 3.63) is 53.6 Å². The van der Waals surface area contributed by atoms with E-state index in [4.69, 9.17) is 4.74 Å². The number of hydrogen-bond donors (Lipinski definition) is 1. The lowest BCUT2D eigenvalue weighted by Crippen LogP contribution is -2.45. The highest BCUT2D eigenvalue weighted by Gasteiger charge is 2.40. The number of rotatable bonds is 6. The van der Waals surface area contributed by atoms with E-state index in [0.717, 1.165) is 24.2 Å². The van der Waals surface area contributed by atoms with Gasteiger partial charge in [0.2, 0.25) is 15.9 Å². The summed E-state index contributed by atoms with van der Waals surface area (Å²) < 4.78 is 33.1. The van der Waals surface area contributed by atoms with E-state index in [-0.39, 0.29) is 27.5 Å². The Balaban J connectivity index is 1.57. The molecule has 0 aliphatic carbocycles. The molecule has 2 heterocycles. The highest BCUT2D eigenvalue weighted by molar-refractivity contribution is 7.89. The zero-order valence-electron chi connectivity index (χ0n) is 18.4. The number of carbonyl (C=O) groups is 3. The Morgan fingerprint density at radius 1 is 1.00 bits per heavy atom. The van der Waals surface area contributed by atoms with Crippen LogP contribution in [0.25, 0.3) is 0 Å². The zero-order chi connectivity index (χ0) is 23.8. The van der Waals surface area contributed by atoms with Gasteiger partial charge in [-0.15, -0.1) is 0 Å². The second-order valence-electron chi connectivity index (χ2n) is 8.02. The molecule has 4 rings (SSSR count). The van der Waals surface area contributed by atoms with Crippen LogP contribution < -0.4 is 10.1 Å². The lowest BCUT2D eigenvalue weighted by molar-refractivity contribution is -0.119. The van der Waals surface area contributed by atoms with Crippen LogP contribution in [0.4, 0.5) is 5.69 Å². The smallest absolute Gasteiger partial charge is 0.262 e. The van der Waals surface area contributed by atoms with Gasteiger partial charge >= 0.3 is 0 Å². The summed E-state index contributed by atoms with van der Waals surface area (Å²) in [6.07, 6.45) is 2.56. The standard InChI is InChI=1S/C23H25N3O6S/c1-15(26-22(28)17-8-4-5-9-18(17)23(26)29)21(27)24-16-10-11-19(32-2)20(14-16)33(30,31)25-12-6-3-7-13-25/h4-5,8-11,14-15H,3,6-7,12-13H2,1-2H3,(H,24,27). The molecule has 2 aromatic rings. The first-order valence-corrected chi connectivity index (χ1v) is 12.2. The molecule has 0 saturated carbocycles. The normalized spacial score (nSPS) is 17.6. The number of sulfonamides is 1. The number of imide groups is 1. The second kappa shape index (κ2) is 8.95. The summed E-state index contributed by atoms with van der Waals surface area (Å²) >= 11 is 0. The van der Waals surface area contributed by atoms with Gasteiger partial charge < -0.3 is 10.1 Å². The predicted octanol–water partition coefficient (Wildman–Crippen LogP) is 2.49. The molecule has 1 saturated heterocycles. The first-order chi connectivity index (χ1) is 15.8. The van der Waals surface area contributed by atoms with Gasteiger partial charge in [-0.05, 0) is 50.1 Å². The molecular formula is C23H25N3O6S. The Hall–Kier alpha value is -3.24. The van der Waals surface area contributed by atoms with E-state index in [0.29, 0.717) is 13.1 Å². The number of fused-ring (bicyclic) bond motifs is 1. The van der Waals surface area contributed by atoms with E-state index in [1.807, 2.05) is 0 Å². The SMILES string of the molecule is COc1ccc(NC(=O)C(C)N2C(=O)c3ccccc3C2=O)cc1S(=O)(=O)N1CCCCC1. The fourth-order valence-electron chi connectivity index (χ4n) is 4.12. The van der Waals surface area contributed by atoms with Crippen LogP contribution in [0, 0.1) is 0 Å². The summed E-state index contributed by atoms with van der Waals surface area (Å²) in [5.41, 5.74) is 0.725. The van der Waals surface area contributed by atoms with Crippen molar-refractivity contribution in [3.63, 3.8) is 0 Å². The molecule has 0 radical (unpaired) electrons. The number of methoxy groups -OCH3 is 1. The van der Waals surface area contributed by atoms with Crippen molar-refractivity contribution >= 4 is 33.4 Å². The van der Waals surface area contributed by atoms with Crippen molar-refractivity contribution in [1.82, 2.24) is 9.21 Å². The van der Waals surface area contributed by atoms with Crippen LogP contribution in [0.5, 0.6) is 5.75 Å². The molecule has 9 nitrogen and oxygen atoms in total. The van der Waals surface area contributed by atoms with Gasteiger partial charge in [0.1, 0.15) is 16.7 Å². The van der Waals surface area contributed by atoms with Crippen molar-refractivity contribution in [2.24, 2.45) is 0 Å². The predicted molar refractivity (Wildman–Crippen MR) is 121 cm³/mol. The van der Waals surface area contributed by atoms with Gasteiger partial charge in [0.15, 0.2) is 0 Å². The van der Waals surface area contributed by atoms with Crippen LogP contribution in [0.2, 0.25) is 0 Å². The lowest BCUT2D eigenvalue weighted by atomic mass is 10.1. The molecular weight excluding hydrogens is 446 g/mol. The third-order valence-corrected chi connectivity index (χ3v) is 7.88. The quantitative estimate of drug-likeness (QED) is 0.648. The van der Waals surface area contributed by atoms with Crippen molar-refractivity contribution in [2.45, 2.75) is 37.1 Å². The van der Waals surface area contributed by atoms with Crippen molar-refractivity contribution in [2.75, 3.05) is 25.5 Å². The number of nitrogens with zero attached hydrogens (tertiary/aromatic N) is 2. The highest BCUT2D eigenvalue weighted by Crippen LogP contribution is 2.31. The number of amides is 3. The minimum Gasteiger partial charge on any atom is -0.495 e. The topological polar surface area (TPSA) is 113 Å².